The zero-order valence-electron chi connectivity index (χ0n) is 9.64. The SMILES string of the molecule is Cc1csc(C2Cc3ccc(F)cc3OC2=O)n1. The van der Waals surface area contributed by atoms with E-state index < -0.39 is 5.82 Å². The lowest BCUT2D eigenvalue weighted by molar-refractivity contribution is -0.137. The van der Waals surface area contributed by atoms with Crippen LogP contribution < -0.4 is 4.74 Å². The molecule has 18 heavy (non-hydrogen) atoms. The van der Waals surface area contributed by atoms with Gasteiger partial charge in [0.2, 0.25) is 0 Å². The average Bonchev–Trinajstić information content (AvgIpc) is 2.74. The van der Waals surface area contributed by atoms with Crippen LogP contribution in [0.25, 0.3) is 0 Å². The molecule has 1 unspecified atom stereocenters. The van der Waals surface area contributed by atoms with Crippen LogP contribution in [0.3, 0.4) is 0 Å². The van der Waals surface area contributed by atoms with Gasteiger partial charge in [-0.15, -0.1) is 11.3 Å². The average molecular weight is 263 g/mol. The molecule has 0 saturated carbocycles. The predicted molar refractivity (Wildman–Crippen MR) is 65.3 cm³/mol. The van der Waals surface area contributed by atoms with Crippen molar-refractivity contribution in [1.29, 1.82) is 0 Å². The Kier molecular flexibility index (Phi) is 2.63. The summed E-state index contributed by atoms with van der Waals surface area (Å²) >= 11 is 1.45. The van der Waals surface area contributed by atoms with Gasteiger partial charge in [-0.05, 0) is 25.0 Å². The number of rotatable bonds is 1. The van der Waals surface area contributed by atoms with Gasteiger partial charge in [0, 0.05) is 17.1 Å². The van der Waals surface area contributed by atoms with E-state index in [-0.39, 0.29) is 11.9 Å². The van der Waals surface area contributed by atoms with Gasteiger partial charge in [-0.1, -0.05) is 6.07 Å². The third-order valence-corrected chi connectivity index (χ3v) is 3.96. The van der Waals surface area contributed by atoms with Crippen molar-refractivity contribution in [2.45, 2.75) is 19.3 Å². The Hall–Kier alpha value is -1.75. The van der Waals surface area contributed by atoms with E-state index in [0.29, 0.717) is 12.2 Å². The first kappa shape index (κ1) is 11.3. The summed E-state index contributed by atoms with van der Waals surface area (Å²) in [4.78, 5) is 16.2. The van der Waals surface area contributed by atoms with Gasteiger partial charge in [-0.25, -0.2) is 9.37 Å². The molecule has 1 aromatic carbocycles. The molecule has 1 aliphatic heterocycles. The molecule has 5 heteroatoms. The van der Waals surface area contributed by atoms with Gasteiger partial charge in [0.25, 0.3) is 0 Å². The number of halogens is 1. The highest BCUT2D eigenvalue weighted by Crippen LogP contribution is 2.34. The number of aromatic nitrogens is 1. The number of thiazole rings is 1. The minimum atomic E-state index is -0.398. The van der Waals surface area contributed by atoms with Crippen molar-refractivity contribution in [3.8, 4) is 5.75 Å². The molecule has 0 spiro atoms. The number of esters is 1. The Morgan fingerprint density at radius 1 is 1.50 bits per heavy atom. The van der Waals surface area contributed by atoms with Crippen LogP contribution in [-0.4, -0.2) is 11.0 Å². The molecule has 2 heterocycles. The molecule has 0 N–H and O–H groups in total. The first-order chi connectivity index (χ1) is 8.63. The quantitative estimate of drug-likeness (QED) is 0.586. The smallest absolute Gasteiger partial charge is 0.321 e. The van der Waals surface area contributed by atoms with Crippen molar-refractivity contribution in [3.05, 3.63) is 45.7 Å². The number of benzene rings is 1. The molecular weight excluding hydrogens is 253 g/mol. The summed E-state index contributed by atoms with van der Waals surface area (Å²) in [6, 6.07) is 4.28. The molecule has 0 radical (unpaired) electrons. The Balaban J connectivity index is 1.97. The van der Waals surface area contributed by atoms with Crippen LogP contribution in [0.4, 0.5) is 4.39 Å². The molecular formula is C13H10FNO2S. The van der Waals surface area contributed by atoms with E-state index >= 15 is 0 Å². The number of fused-ring (bicyclic) bond motifs is 1. The predicted octanol–water partition coefficient (Wildman–Crippen LogP) is 2.84. The number of ether oxygens (including phenoxy) is 1. The summed E-state index contributed by atoms with van der Waals surface area (Å²) in [5.74, 6) is -0.807. The van der Waals surface area contributed by atoms with Crippen molar-refractivity contribution >= 4 is 17.3 Å². The molecule has 92 valence electrons. The second-order valence-electron chi connectivity index (χ2n) is 4.26. The van der Waals surface area contributed by atoms with E-state index in [2.05, 4.69) is 4.98 Å². The maximum absolute atomic E-state index is 13.0. The van der Waals surface area contributed by atoms with Crippen molar-refractivity contribution in [3.63, 3.8) is 0 Å². The van der Waals surface area contributed by atoms with Crippen molar-refractivity contribution in [2.75, 3.05) is 0 Å². The van der Waals surface area contributed by atoms with Crippen LogP contribution in [0.2, 0.25) is 0 Å². The zero-order valence-corrected chi connectivity index (χ0v) is 10.5. The van der Waals surface area contributed by atoms with Crippen LogP contribution in [0.15, 0.2) is 23.6 Å². The Bertz CT molecular complexity index is 623. The van der Waals surface area contributed by atoms with Crippen molar-refractivity contribution in [2.24, 2.45) is 0 Å². The second-order valence-corrected chi connectivity index (χ2v) is 5.15. The van der Waals surface area contributed by atoms with Gasteiger partial charge in [0.05, 0.1) is 0 Å². The molecule has 0 aliphatic carbocycles. The van der Waals surface area contributed by atoms with Gasteiger partial charge >= 0.3 is 5.97 Å². The molecule has 2 aromatic rings. The molecule has 0 saturated heterocycles. The topological polar surface area (TPSA) is 39.2 Å². The van der Waals surface area contributed by atoms with E-state index in [4.69, 9.17) is 4.74 Å². The minimum Gasteiger partial charge on any atom is -0.426 e. The standard InChI is InChI=1S/C13H10FNO2S/c1-7-6-18-12(15-7)10-4-8-2-3-9(14)5-11(8)17-13(10)16/h2-3,5-6,10H,4H2,1H3. The van der Waals surface area contributed by atoms with Gasteiger partial charge in [-0.2, -0.15) is 0 Å². The van der Waals surface area contributed by atoms with E-state index in [1.165, 1.54) is 23.5 Å². The molecule has 0 fully saturated rings. The first-order valence-electron chi connectivity index (χ1n) is 5.55. The first-order valence-corrected chi connectivity index (χ1v) is 6.43. The number of carbonyl (C=O) groups excluding carboxylic acids is 1. The van der Waals surface area contributed by atoms with Gasteiger partial charge in [0.15, 0.2) is 0 Å². The van der Waals surface area contributed by atoms with E-state index in [1.54, 1.807) is 6.07 Å². The van der Waals surface area contributed by atoms with E-state index in [9.17, 15) is 9.18 Å². The lowest BCUT2D eigenvalue weighted by Crippen LogP contribution is -2.26. The highest BCUT2D eigenvalue weighted by molar-refractivity contribution is 7.09. The summed E-state index contributed by atoms with van der Waals surface area (Å²) in [6.45, 7) is 1.89. The fourth-order valence-electron chi connectivity index (χ4n) is 2.00. The Labute approximate surface area is 107 Å². The highest BCUT2D eigenvalue weighted by atomic mass is 32.1. The van der Waals surface area contributed by atoms with Crippen LogP contribution in [-0.2, 0) is 11.2 Å². The van der Waals surface area contributed by atoms with Crippen molar-refractivity contribution < 1.29 is 13.9 Å². The molecule has 3 rings (SSSR count). The Morgan fingerprint density at radius 3 is 3.06 bits per heavy atom. The number of aryl methyl sites for hydroxylation is 1. The van der Waals surface area contributed by atoms with Crippen LogP contribution in [0.5, 0.6) is 5.75 Å². The second kappa shape index (κ2) is 4.17. The normalized spacial score (nSPS) is 18.3. The largest absolute Gasteiger partial charge is 0.426 e. The highest BCUT2D eigenvalue weighted by Gasteiger charge is 2.32. The number of hydrogen-bond acceptors (Lipinski definition) is 4. The molecule has 1 aromatic heterocycles. The van der Waals surface area contributed by atoms with E-state index in [0.717, 1.165) is 16.3 Å². The molecule has 0 bridgehead atoms. The molecule has 1 atom stereocenters. The van der Waals surface area contributed by atoms with Crippen LogP contribution in [0, 0.1) is 12.7 Å². The van der Waals surface area contributed by atoms with Gasteiger partial charge < -0.3 is 4.74 Å². The van der Waals surface area contributed by atoms with Crippen molar-refractivity contribution in [1.82, 2.24) is 4.98 Å². The summed E-state index contributed by atoms with van der Waals surface area (Å²) in [5, 5.41) is 2.66. The molecule has 3 nitrogen and oxygen atoms in total. The zero-order chi connectivity index (χ0) is 12.7. The number of nitrogens with zero attached hydrogens (tertiary/aromatic N) is 1. The van der Waals surface area contributed by atoms with Crippen LogP contribution in [0.1, 0.15) is 22.2 Å². The van der Waals surface area contributed by atoms with E-state index in [1.807, 2.05) is 12.3 Å². The third-order valence-electron chi connectivity index (χ3n) is 2.88. The monoisotopic (exact) mass is 263 g/mol. The lowest BCUT2D eigenvalue weighted by atomic mass is 9.96. The van der Waals surface area contributed by atoms with Gasteiger partial charge in [-0.3, -0.25) is 4.79 Å². The molecule has 1 aliphatic rings. The summed E-state index contributed by atoms with van der Waals surface area (Å²) < 4.78 is 18.2. The molecule has 0 amide bonds. The Morgan fingerprint density at radius 2 is 2.33 bits per heavy atom. The maximum Gasteiger partial charge on any atom is 0.321 e. The number of carbonyl (C=O) groups is 1. The maximum atomic E-state index is 13.0. The summed E-state index contributed by atoms with van der Waals surface area (Å²) in [6.07, 6.45) is 0.515. The summed E-state index contributed by atoms with van der Waals surface area (Å²) in [5.41, 5.74) is 1.74. The lowest BCUT2D eigenvalue weighted by Gasteiger charge is -2.21. The summed E-state index contributed by atoms with van der Waals surface area (Å²) in [7, 11) is 0. The minimum absolute atomic E-state index is 0.324. The van der Waals surface area contributed by atoms with Gasteiger partial charge in [0.1, 0.15) is 22.5 Å². The fourth-order valence-corrected chi connectivity index (χ4v) is 2.88. The van der Waals surface area contributed by atoms with Crippen LogP contribution >= 0.6 is 11.3 Å². The number of hydrogen-bond donors (Lipinski definition) is 0. The fraction of sp³-hybridized carbons (Fsp3) is 0.231. The third kappa shape index (κ3) is 1.90.